The van der Waals surface area contributed by atoms with Crippen molar-refractivity contribution < 1.29 is 19.1 Å². The quantitative estimate of drug-likeness (QED) is 0.266. The molecule has 6 aliphatic carbocycles. The minimum Gasteiger partial charge on any atom is -0.454 e. The molecule has 3 unspecified atom stereocenters. The normalized spacial score (nSPS) is 34.0. The molecule has 0 amide bonds. The first-order valence-corrected chi connectivity index (χ1v) is 19.5. The topological polar surface area (TPSA) is 52.6 Å². The van der Waals surface area contributed by atoms with Crippen LogP contribution in [0.2, 0.25) is 0 Å². The molecule has 0 heterocycles. The summed E-state index contributed by atoms with van der Waals surface area (Å²) in [4.78, 5) is 25.9. The van der Waals surface area contributed by atoms with Gasteiger partial charge in [-0.05, 0) is 127 Å². The minimum absolute atomic E-state index is 0.0127. The second-order valence-electron chi connectivity index (χ2n) is 17.6. The molecule has 48 heavy (non-hydrogen) atoms. The van der Waals surface area contributed by atoms with Crippen LogP contribution in [-0.4, -0.2) is 11.9 Å². The number of ether oxygens (including phenoxy) is 2. The summed E-state index contributed by atoms with van der Waals surface area (Å²) in [6.45, 7) is 12.2. The van der Waals surface area contributed by atoms with Crippen LogP contribution in [0.1, 0.15) is 143 Å². The molecule has 8 rings (SSSR count). The molecule has 4 nitrogen and oxygen atoms in total. The molecular weight excluding hydrogens is 592 g/mol. The molecule has 2 aromatic carbocycles. The lowest BCUT2D eigenvalue weighted by molar-refractivity contribution is -0.222. The fourth-order valence-electron chi connectivity index (χ4n) is 10.2. The van der Waals surface area contributed by atoms with Crippen molar-refractivity contribution in [2.45, 2.75) is 143 Å². The lowest BCUT2D eigenvalue weighted by atomic mass is 9.48. The summed E-state index contributed by atoms with van der Waals surface area (Å²) in [5.41, 5.74) is 0.816. The number of hydrogen-bond donors (Lipinski definition) is 0. The van der Waals surface area contributed by atoms with Crippen molar-refractivity contribution in [3.63, 3.8) is 0 Å². The Morgan fingerprint density at radius 3 is 1.65 bits per heavy atom. The molecule has 0 aromatic heterocycles. The standard InChI is InChI=1S/C22H30O2.C22H32O2/c1-4-21(2,3)20(23)24-22(17-8-6-5-7-9-17)18-11-15-10-16(13-18)14-19(22)12-15;1-4-21(2,3)20(23)24-22(19-12-6-5-7-13-19)15-14-17-10-8-9-11-18(17)16-22/h5-9,15-16,18-19H,4,10-14H2,1-3H3;5-7,12-13,17-18H,4,8-11,14-16H2,1-3H3. The molecule has 0 spiro atoms. The van der Waals surface area contributed by atoms with Gasteiger partial charge >= 0.3 is 11.9 Å². The summed E-state index contributed by atoms with van der Waals surface area (Å²) in [5, 5.41) is 0. The van der Waals surface area contributed by atoms with Gasteiger partial charge in [0, 0.05) is 11.8 Å². The molecule has 2 aromatic rings. The number of rotatable bonds is 8. The Labute approximate surface area is 291 Å². The number of hydrogen-bond acceptors (Lipinski definition) is 4. The highest BCUT2D eigenvalue weighted by molar-refractivity contribution is 5.77. The van der Waals surface area contributed by atoms with Gasteiger partial charge in [-0.25, -0.2) is 0 Å². The van der Waals surface area contributed by atoms with Crippen molar-refractivity contribution >= 4 is 11.9 Å². The molecular formula is C44H62O4. The van der Waals surface area contributed by atoms with E-state index in [0.717, 1.165) is 43.4 Å². The van der Waals surface area contributed by atoms with Crippen LogP contribution in [-0.2, 0) is 30.3 Å². The predicted molar refractivity (Wildman–Crippen MR) is 193 cm³/mol. The van der Waals surface area contributed by atoms with Crippen LogP contribution in [0.25, 0.3) is 0 Å². The Kier molecular flexibility index (Phi) is 10.2. The molecule has 4 heteroatoms. The first-order chi connectivity index (χ1) is 22.9. The summed E-state index contributed by atoms with van der Waals surface area (Å²) < 4.78 is 12.8. The summed E-state index contributed by atoms with van der Waals surface area (Å²) in [7, 11) is 0. The highest BCUT2D eigenvalue weighted by Gasteiger charge is 2.61. The minimum atomic E-state index is -0.413. The van der Waals surface area contributed by atoms with Crippen LogP contribution in [0.4, 0.5) is 0 Å². The fraction of sp³-hybridized carbons (Fsp3) is 0.682. The third kappa shape index (κ3) is 6.76. The molecule has 0 saturated heterocycles. The summed E-state index contributed by atoms with van der Waals surface area (Å²) in [6.07, 6.45) is 16.5. The van der Waals surface area contributed by atoms with E-state index in [2.05, 4.69) is 68.4 Å². The maximum atomic E-state index is 13.0. The molecule has 0 N–H and O–H groups in total. The monoisotopic (exact) mass is 654 g/mol. The Morgan fingerprint density at radius 1 is 0.646 bits per heavy atom. The van der Waals surface area contributed by atoms with Crippen LogP contribution >= 0.6 is 0 Å². The van der Waals surface area contributed by atoms with E-state index in [1.165, 1.54) is 75.3 Å². The van der Waals surface area contributed by atoms with E-state index in [1.807, 2.05) is 33.8 Å². The smallest absolute Gasteiger partial charge is 0.312 e. The lowest BCUT2D eigenvalue weighted by Crippen LogP contribution is -2.58. The zero-order valence-electron chi connectivity index (χ0n) is 30.8. The zero-order valence-corrected chi connectivity index (χ0v) is 30.8. The highest BCUT2D eigenvalue weighted by atomic mass is 16.6. The van der Waals surface area contributed by atoms with Gasteiger partial charge in [0.15, 0.2) is 0 Å². The molecule has 6 aliphatic rings. The van der Waals surface area contributed by atoms with Gasteiger partial charge in [-0.15, -0.1) is 0 Å². The maximum absolute atomic E-state index is 13.0. The van der Waals surface area contributed by atoms with Crippen molar-refractivity contribution in [3.8, 4) is 0 Å². The maximum Gasteiger partial charge on any atom is 0.312 e. The van der Waals surface area contributed by atoms with Crippen LogP contribution in [0, 0.1) is 46.3 Å². The molecule has 6 saturated carbocycles. The zero-order chi connectivity index (χ0) is 34.2. The van der Waals surface area contributed by atoms with E-state index in [1.54, 1.807) is 0 Å². The second-order valence-corrected chi connectivity index (χ2v) is 17.6. The van der Waals surface area contributed by atoms with Crippen molar-refractivity contribution in [3.05, 3.63) is 71.8 Å². The molecule has 3 atom stereocenters. The van der Waals surface area contributed by atoms with Crippen molar-refractivity contribution in [2.75, 3.05) is 0 Å². The second kappa shape index (κ2) is 13.9. The highest BCUT2D eigenvalue weighted by Crippen LogP contribution is 2.63. The van der Waals surface area contributed by atoms with E-state index < -0.39 is 16.4 Å². The average molecular weight is 655 g/mol. The summed E-state index contributed by atoms with van der Waals surface area (Å²) in [6, 6.07) is 21.1. The third-order valence-electron chi connectivity index (χ3n) is 13.9. The summed E-state index contributed by atoms with van der Waals surface area (Å²) >= 11 is 0. The van der Waals surface area contributed by atoms with E-state index in [9.17, 15) is 9.59 Å². The van der Waals surface area contributed by atoms with Crippen LogP contribution in [0.3, 0.4) is 0 Å². The number of benzene rings is 2. The van der Waals surface area contributed by atoms with Crippen molar-refractivity contribution in [2.24, 2.45) is 46.3 Å². The lowest BCUT2D eigenvalue weighted by Gasteiger charge is -2.60. The molecule has 4 bridgehead atoms. The first kappa shape index (κ1) is 35.2. The van der Waals surface area contributed by atoms with Crippen molar-refractivity contribution in [1.29, 1.82) is 0 Å². The van der Waals surface area contributed by atoms with E-state index >= 15 is 0 Å². The third-order valence-corrected chi connectivity index (χ3v) is 13.9. The number of fused-ring (bicyclic) bond motifs is 1. The van der Waals surface area contributed by atoms with E-state index in [4.69, 9.17) is 9.47 Å². The Hall–Kier alpha value is -2.62. The molecule has 262 valence electrons. The van der Waals surface area contributed by atoms with Gasteiger partial charge in [0.2, 0.25) is 0 Å². The van der Waals surface area contributed by atoms with E-state index in [-0.39, 0.29) is 17.5 Å². The van der Waals surface area contributed by atoms with Crippen molar-refractivity contribution in [1.82, 2.24) is 0 Å². The van der Waals surface area contributed by atoms with Gasteiger partial charge in [-0.3, -0.25) is 9.59 Å². The van der Waals surface area contributed by atoms with Crippen LogP contribution < -0.4 is 0 Å². The van der Waals surface area contributed by atoms with E-state index in [0.29, 0.717) is 17.8 Å². The summed E-state index contributed by atoms with van der Waals surface area (Å²) in [5.74, 6) is 4.24. The Bertz CT molecular complexity index is 1370. The number of carbonyl (C=O) groups is 2. The Balaban J connectivity index is 0.000000167. The van der Waals surface area contributed by atoms with Gasteiger partial charge in [0.05, 0.1) is 10.8 Å². The fourth-order valence-corrected chi connectivity index (χ4v) is 10.2. The number of carbonyl (C=O) groups excluding carboxylic acids is 2. The average Bonchev–Trinajstić information content (AvgIpc) is 3.10. The van der Waals surface area contributed by atoms with Gasteiger partial charge in [0.1, 0.15) is 11.2 Å². The van der Waals surface area contributed by atoms with Crippen LogP contribution in [0.15, 0.2) is 60.7 Å². The van der Waals surface area contributed by atoms with Gasteiger partial charge < -0.3 is 9.47 Å². The molecule has 6 fully saturated rings. The number of esters is 2. The van der Waals surface area contributed by atoms with Gasteiger partial charge in [0.25, 0.3) is 0 Å². The van der Waals surface area contributed by atoms with Gasteiger partial charge in [-0.1, -0.05) is 100 Å². The molecule has 0 radical (unpaired) electrons. The largest absolute Gasteiger partial charge is 0.454 e. The Morgan fingerprint density at radius 2 is 1.12 bits per heavy atom. The van der Waals surface area contributed by atoms with Gasteiger partial charge in [-0.2, -0.15) is 0 Å². The van der Waals surface area contributed by atoms with Crippen LogP contribution in [0.5, 0.6) is 0 Å². The first-order valence-electron chi connectivity index (χ1n) is 19.5. The predicted octanol–water partition coefficient (Wildman–Crippen LogP) is 11.2. The SMILES string of the molecule is CCC(C)(C)C(=O)OC1(c2ccccc2)C2CC3CC(C2)CC1C3.CCC(C)(C)C(=O)OC1(c2ccccc2)CCC2CCCCC2C1. The molecule has 0 aliphatic heterocycles.